The van der Waals surface area contributed by atoms with Gasteiger partial charge in [0.15, 0.2) is 6.10 Å². The maximum atomic E-state index is 12.0. The van der Waals surface area contributed by atoms with Gasteiger partial charge in [0.1, 0.15) is 6.04 Å². The van der Waals surface area contributed by atoms with Gasteiger partial charge in [-0.25, -0.2) is 4.79 Å². The van der Waals surface area contributed by atoms with Crippen molar-refractivity contribution in [3.63, 3.8) is 0 Å². The van der Waals surface area contributed by atoms with Crippen LogP contribution >= 0.6 is 0 Å². The second kappa shape index (κ2) is 8.17. The lowest BCUT2D eigenvalue weighted by Gasteiger charge is -2.22. The van der Waals surface area contributed by atoms with Gasteiger partial charge in [-0.3, -0.25) is 9.59 Å². The number of nitrogens with two attached hydrogens (primary N) is 1. The molecular weight excluding hydrogens is 284 g/mol. The Bertz CT molecular complexity index is 528. The lowest BCUT2D eigenvalue weighted by molar-refractivity contribution is -0.157. The molecule has 0 heterocycles. The smallest absolute Gasteiger partial charge is 0.329 e. The molecule has 0 saturated carbocycles. The molecule has 0 saturated heterocycles. The maximum absolute atomic E-state index is 12.0. The van der Waals surface area contributed by atoms with Gasteiger partial charge in [0, 0.05) is 0 Å². The third-order valence-corrected chi connectivity index (χ3v) is 3.14. The van der Waals surface area contributed by atoms with Crippen LogP contribution in [0.3, 0.4) is 0 Å². The van der Waals surface area contributed by atoms with Crippen LogP contribution < -0.4 is 11.1 Å². The molecular formula is C16H22N2O4. The van der Waals surface area contributed by atoms with E-state index in [0.29, 0.717) is 0 Å². The summed E-state index contributed by atoms with van der Waals surface area (Å²) in [6, 6.07) is 8.38. The van der Waals surface area contributed by atoms with Crippen molar-refractivity contribution in [2.45, 2.75) is 39.3 Å². The minimum atomic E-state index is -1.03. The lowest BCUT2D eigenvalue weighted by atomic mass is 10.0. The van der Waals surface area contributed by atoms with Gasteiger partial charge in [0.05, 0.1) is 6.42 Å². The van der Waals surface area contributed by atoms with Gasteiger partial charge >= 0.3 is 5.97 Å². The van der Waals surface area contributed by atoms with E-state index >= 15 is 0 Å². The molecule has 120 valence electrons. The zero-order valence-electron chi connectivity index (χ0n) is 13.0. The van der Waals surface area contributed by atoms with Crippen LogP contribution in [0.4, 0.5) is 0 Å². The predicted octanol–water partition coefficient (Wildman–Crippen LogP) is 0.787. The lowest BCUT2D eigenvalue weighted by Crippen LogP contribution is -2.47. The third kappa shape index (κ3) is 5.55. The van der Waals surface area contributed by atoms with E-state index < -0.39 is 24.0 Å². The van der Waals surface area contributed by atoms with E-state index in [0.717, 1.165) is 5.56 Å². The first-order valence-electron chi connectivity index (χ1n) is 7.14. The highest BCUT2D eigenvalue weighted by atomic mass is 16.5. The number of amides is 2. The third-order valence-electron chi connectivity index (χ3n) is 3.14. The first-order valence-corrected chi connectivity index (χ1v) is 7.14. The van der Waals surface area contributed by atoms with Crippen LogP contribution in [0.15, 0.2) is 30.3 Å². The van der Waals surface area contributed by atoms with E-state index in [1.165, 1.54) is 6.92 Å². The summed E-state index contributed by atoms with van der Waals surface area (Å²) in [7, 11) is 0. The molecule has 2 amide bonds. The standard InChI is InChI=1S/C16H22N2O4/c1-10(2)14(16(21)22-11(3)15(17)20)18-13(19)9-12-7-5-4-6-8-12/h4-8,10-11,14H,9H2,1-3H3,(H2,17,20)(H,18,19)/t11-,14-/m0/s1. The summed E-state index contributed by atoms with van der Waals surface area (Å²) in [6.07, 6.45) is -0.859. The van der Waals surface area contributed by atoms with Gasteiger partial charge in [0.2, 0.25) is 5.91 Å². The number of ether oxygens (including phenoxy) is 1. The minimum Gasteiger partial charge on any atom is -0.451 e. The van der Waals surface area contributed by atoms with Gasteiger partial charge in [0.25, 0.3) is 5.91 Å². The highest BCUT2D eigenvalue weighted by Gasteiger charge is 2.28. The first-order chi connectivity index (χ1) is 10.3. The Balaban J connectivity index is 2.65. The van der Waals surface area contributed by atoms with Crippen LogP contribution in [0.2, 0.25) is 0 Å². The van der Waals surface area contributed by atoms with Crippen molar-refractivity contribution in [3.8, 4) is 0 Å². The molecule has 0 aliphatic carbocycles. The second-order valence-corrected chi connectivity index (χ2v) is 5.43. The quantitative estimate of drug-likeness (QED) is 0.727. The number of hydrogen-bond acceptors (Lipinski definition) is 4. The fourth-order valence-corrected chi connectivity index (χ4v) is 1.81. The summed E-state index contributed by atoms with van der Waals surface area (Å²) in [6.45, 7) is 4.96. The first kappa shape index (κ1) is 17.7. The number of rotatable bonds is 7. The minimum absolute atomic E-state index is 0.169. The van der Waals surface area contributed by atoms with Crippen molar-refractivity contribution >= 4 is 17.8 Å². The Morgan fingerprint density at radius 2 is 1.73 bits per heavy atom. The number of esters is 1. The van der Waals surface area contributed by atoms with Crippen molar-refractivity contribution in [3.05, 3.63) is 35.9 Å². The van der Waals surface area contributed by atoms with E-state index in [1.54, 1.807) is 13.8 Å². The summed E-state index contributed by atoms with van der Waals surface area (Å²) < 4.78 is 4.96. The topological polar surface area (TPSA) is 98.5 Å². The summed E-state index contributed by atoms with van der Waals surface area (Å²) in [5.41, 5.74) is 5.91. The zero-order valence-corrected chi connectivity index (χ0v) is 13.0. The van der Waals surface area contributed by atoms with E-state index in [4.69, 9.17) is 10.5 Å². The second-order valence-electron chi connectivity index (χ2n) is 5.43. The molecule has 1 aromatic carbocycles. The van der Waals surface area contributed by atoms with Crippen molar-refractivity contribution in [1.29, 1.82) is 0 Å². The van der Waals surface area contributed by atoms with Gasteiger partial charge in [-0.15, -0.1) is 0 Å². The SMILES string of the molecule is CC(C)[C@H](NC(=O)Cc1ccccc1)C(=O)O[C@@H](C)C(N)=O. The number of nitrogens with one attached hydrogen (secondary N) is 1. The fraction of sp³-hybridized carbons (Fsp3) is 0.438. The zero-order chi connectivity index (χ0) is 16.7. The highest BCUT2D eigenvalue weighted by molar-refractivity contribution is 5.87. The Labute approximate surface area is 130 Å². The van der Waals surface area contributed by atoms with Crippen molar-refractivity contribution in [1.82, 2.24) is 5.32 Å². The van der Waals surface area contributed by atoms with Crippen molar-refractivity contribution in [2.24, 2.45) is 11.7 Å². The number of hydrogen-bond donors (Lipinski definition) is 2. The largest absolute Gasteiger partial charge is 0.451 e. The molecule has 0 spiro atoms. The molecule has 2 atom stereocenters. The van der Waals surface area contributed by atoms with Crippen molar-refractivity contribution < 1.29 is 19.1 Å². The summed E-state index contributed by atoms with van der Waals surface area (Å²) in [4.78, 5) is 35.0. The van der Waals surface area contributed by atoms with E-state index in [2.05, 4.69) is 5.32 Å². The van der Waals surface area contributed by atoms with Crippen LogP contribution in [0, 0.1) is 5.92 Å². The molecule has 0 aromatic heterocycles. The number of carbonyl (C=O) groups excluding carboxylic acids is 3. The normalized spacial score (nSPS) is 13.3. The van der Waals surface area contributed by atoms with E-state index in [-0.39, 0.29) is 18.2 Å². The molecule has 0 aliphatic heterocycles. The fourth-order valence-electron chi connectivity index (χ4n) is 1.81. The molecule has 0 radical (unpaired) electrons. The Kier molecular flexibility index (Phi) is 6.56. The molecule has 1 aromatic rings. The average Bonchev–Trinajstić information content (AvgIpc) is 2.45. The molecule has 3 N–H and O–H groups in total. The molecule has 0 bridgehead atoms. The van der Waals surface area contributed by atoms with Crippen LogP contribution in [0.5, 0.6) is 0 Å². The molecule has 22 heavy (non-hydrogen) atoms. The van der Waals surface area contributed by atoms with Crippen LogP contribution in [-0.2, 0) is 25.5 Å². The van der Waals surface area contributed by atoms with Crippen LogP contribution in [0.25, 0.3) is 0 Å². The van der Waals surface area contributed by atoms with Crippen LogP contribution in [0.1, 0.15) is 26.3 Å². The Morgan fingerprint density at radius 1 is 1.14 bits per heavy atom. The highest BCUT2D eigenvalue weighted by Crippen LogP contribution is 2.07. The van der Waals surface area contributed by atoms with Gasteiger partial charge in [-0.2, -0.15) is 0 Å². The Morgan fingerprint density at radius 3 is 2.23 bits per heavy atom. The van der Waals surface area contributed by atoms with Gasteiger partial charge in [-0.1, -0.05) is 44.2 Å². The van der Waals surface area contributed by atoms with Crippen LogP contribution in [-0.4, -0.2) is 29.9 Å². The van der Waals surface area contributed by atoms with Gasteiger partial charge in [-0.05, 0) is 18.4 Å². The van der Waals surface area contributed by atoms with Crippen molar-refractivity contribution in [2.75, 3.05) is 0 Å². The van der Waals surface area contributed by atoms with E-state index in [1.807, 2.05) is 30.3 Å². The predicted molar refractivity (Wildman–Crippen MR) is 81.7 cm³/mol. The number of carbonyl (C=O) groups is 3. The summed E-state index contributed by atoms with van der Waals surface area (Å²) in [5, 5.41) is 2.64. The molecule has 0 aliphatic rings. The van der Waals surface area contributed by atoms with Gasteiger partial charge < -0.3 is 15.8 Å². The molecule has 6 nitrogen and oxygen atoms in total. The molecule has 6 heteroatoms. The average molecular weight is 306 g/mol. The maximum Gasteiger partial charge on any atom is 0.329 e. The summed E-state index contributed by atoms with van der Waals surface area (Å²) in [5.74, 6) is -1.85. The Hall–Kier alpha value is -2.37. The summed E-state index contributed by atoms with van der Waals surface area (Å²) >= 11 is 0. The number of primary amides is 1. The number of benzene rings is 1. The van der Waals surface area contributed by atoms with E-state index in [9.17, 15) is 14.4 Å². The molecule has 0 unspecified atom stereocenters. The molecule has 0 fully saturated rings. The molecule has 1 rings (SSSR count). The monoisotopic (exact) mass is 306 g/mol.